The van der Waals surface area contributed by atoms with Gasteiger partial charge in [-0.25, -0.2) is 14.8 Å². The summed E-state index contributed by atoms with van der Waals surface area (Å²) in [4.78, 5) is 22.2. The van der Waals surface area contributed by atoms with Crippen LogP contribution in [0.5, 0.6) is 0 Å². The summed E-state index contributed by atoms with van der Waals surface area (Å²) in [6, 6.07) is 0.366. The maximum atomic E-state index is 11.5. The number of nitrogens with zero attached hydrogens (tertiary/aromatic N) is 3. The highest BCUT2D eigenvalue weighted by Gasteiger charge is 2.28. The van der Waals surface area contributed by atoms with E-state index in [-0.39, 0.29) is 11.6 Å². The van der Waals surface area contributed by atoms with E-state index in [1.54, 1.807) is 6.20 Å². The van der Waals surface area contributed by atoms with Crippen LogP contribution in [-0.2, 0) is 0 Å². The first kappa shape index (κ1) is 15.7. The summed E-state index contributed by atoms with van der Waals surface area (Å²) >= 11 is 0. The molecule has 0 spiro atoms. The average molecular weight is 291 g/mol. The molecule has 2 rings (SSSR count). The Balaban J connectivity index is 2.35. The first-order valence-corrected chi connectivity index (χ1v) is 7.75. The number of rotatable bonds is 4. The van der Waals surface area contributed by atoms with Crippen molar-refractivity contribution in [2.45, 2.75) is 58.4 Å². The second-order valence-electron chi connectivity index (χ2n) is 6.36. The zero-order valence-corrected chi connectivity index (χ0v) is 13.3. The smallest absolute Gasteiger partial charge is 0.356 e. The van der Waals surface area contributed by atoms with Gasteiger partial charge in [0.2, 0.25) is 0 Å². The zero-order valence-electron chi connectivity index (χ0n) is 13.3. The molecule has 1 aromatic heterocycles. The SMILES string of the molecule is CC(C)c1ncc(N(C)C2CCCCC2C)c(C(=O)O)n1. The first-order valence-electron chi connectivity index (χ1n) is 7.75. The van der Waals surface area contributed by atoms with E-state index in [1.807, 2.05) is 20.9 Å². The molecular weight excluding hydrogens is 266 g/mol. The minimum absolute atomic E-state index is 0.119. The predicted molar refractivity (Wildman–Crippen MR) is 82.9 cm³/mol. The molecule has 1 N–H and O–H groups in total. The van der Waals surface area contributed by atoms with E-state index in [1.165, 1.54) is 19.3 Å². The van der Waals surface area contributed by atoms with Crippen LogP contribution in [-0.4, -0.2) is 34.1 Å². The third kappa shape index (κ3) is 3.34. The zero-order chi connectivity index (χ0) is 15.6. The van der Waals surface area contributed by atoms with E-state index in [4.69, 9.17) is 0 Å². The maximum Gasteiger partial charge on any atom is 0.356 e. The Morgan fingerprint density at radius 3 is 2.62 bits per heavy atom. The Kier molecular flexibility index (Phi) is 4.80. The van der Waals surface area contributed by atoms with Gasteiger partial charge < -0.3 is 10.0 Å². The molecule has 0 aromatic carbocycles. The molecule has 1 saturated carbocycles. The van der Waals surface area contributed by atoms with Gasteiger partial charge in [-0.2, -0.15) is 0 Å². The van der Waals surface area contributed by atoms with E-state index in [2.05, 4.69) is 21.8 Å². The van der Waals surface area contributed by atoms with Crippen LogP contribution >= 0.6 is 0 Å². The van der Waals surface area contributed by atoms with Crippen molar-refractivity contribution in [2.24, 2.45) is 5.92 Å². The monoisotopic (exact) mass is 291 g/mol. The molecule has 0 aliphatic heterocycles. The van der Waals surface area contributed by atoms with Crippen molar-refractivity contribution in [1.82, 2.24) is 9.97 Å². The number of aromatic nitrogens is 2. The molecule has 5 heteroatoms. The topological polar surface area (TPSA) is 66.3 Å². The summed E-state index contributed by atoms with van der Waals surface area (Å²) in [5, 5.41) is 9.47. The Hall–Kier alpha value is -1.65. The van der Waals surface area contributed by atoms with Crippen molar-refractivity contribution in [3.05, 3.63) is 17.7 Å². The summed E-state index contributed by atoms with van der Waals surface area (Å²) in [6.07, 6.45) is 6.44. The van der Waals surface area contributed by atoms with Gasteiger partial charge in [-0.1, -0.05) is 33.6 Å². The van der Waals surface area contributed by atoms with Crippen molar-refractivity contribution in [3.63, 3.8) is 0 Å². The van der Waals surface area contributed by atoms with Gasteiger partial charge in [0, 0.05) is 19.0 Å². The van der Waals surface area contributed by atoms with Crippen molar-refractivity contribution in [1.29, 1.82) is 0 Å². The van der Waals surface area contributed by atoms with E-state index < -0.39 is 5.97 Å². The molecule has 0 bridgehead atoms. The fourth-order valence-corrected chi connectivity index (χ4v) is 3.13. The molecule has 0 saturated heterocycles. The van der Waals surface area contributed by atoms with E-state index in [9.17, 15) is 9.90 Å². The highest BCUT2D eigenvalue weighted by molar-refractivity contribution is 5.92. The van der Waals surface area contributed by atoms with Gasteiger partial charge in [0.25, 0.3) is 0 Å². The first-order chi connectivity index (χ1) is 9.91. The molecular formula is C16H25N3O2. The Labute approximate surface area is 126 Å². The second-order valence-corrected chi connectivity index (χ2v) is 6.36. The molecule has 1 fully saturated rings. The summed E-state index contributed by atoms with van der Waals surface area (Å²) in [7, 11) is 1.96. The molecule has 1 aromatic rings. The van der Waals surface area contributed by atoms with E-state index in [0.717, 1.165) is 6.42 Å². The molecule has 21 heavy (non-hydrogen) atoms. The summed E-state index contributed by atoms with van der Waals surface area (Å²) in [5.74, 6) is 0.289. The standard InChI is InChI=1S/C16H25N3O2/c1-10(2)15-17-9-13(14(18-15)16(20)21)19(4)12-8-6-5-7-11(12)3/h9-12H,5-8H2,1-4H3,(H,20,21). The molecule has 1 aliphatic rings. The van der Waals surface area contributed by atoms with Gasteiger partial charge in [-0.3, -0.25) is 0 Å². The predicted octanol–water partition coefficient (Wildman–Crippen LogP) is 3.31. The molecule has 0 radical (unpaired) electrons. The number of carbonyl (C=O) groups is 1. The van der Waals surface area contributed by atoms with Crippen LogP contribution in [0, 0.1) is 5.92 Å². The highest BCUT2D eigenvalue weighted by atomic mass is 16.4. The third-order valence-corrected chi connectivity index (χ3v) is 4.45. The Bertz CT molecular complexity index is 516. The van der Waals surface area contributed by atoms with Crippen LogP contribution in [0.4, 0.5) is 5.69 Å². The Morgan fingerprint density at radius 2 is 2.05 bits per heavy atom. The van der Waals surface area contributed by atoms with Gasteiger partial charge >= 0.3 is 5.97 Å². The molecule has 5 nitrogen and oxygen atoms in total. The van der Waals surface area contributed by atoms with Gasteiger partial charge in [-0.15, -0.1) is 0 Å². The highest BCUT2D eigenvalue weighted by Crippen LogP contribution is 2.31. The van der Waals surface area contributed by atoms with Crippen molar-refractivity contribution >= 4 is 11.7 Å². The second kappa shape index (κ2) is 6.41. The van der Waals surface area contributed by atoms with Gasteiger partial charge in [0.05, 0.1) is 11.9 Å². The molecule has 1 heterocycles. The molecule has 1 aliphatic carbocycles. The summed E-state index contributed by atoms with van der Waals surface area (Å²) in [5.41, 5.74) is 0.750. The maximum absolute atomic E-state index is 11.5. The van der Waals surface area contributed by atoms with Crippen molar-refractivity contribution < 1.29 is 9.90 Å². The van der Waals surface area contributed by atoms with E-state index >= 15 is 0 Å². The third-order valence-electron chi connectivity index (χ3n) is 4.45. The molecule has 116 valence electrons. The van der Waals surface area contributed by atoms with Gasteiger partial charge in [-0.05, 0) is 18.8 Å². The lowest BCUT2D eigenvalue weighted by Crippen LogP contribution is -2.40. The Morgan fingerprint density at radius 1 is 1.38 bits per heavy atom. The number of aromatic carboxylic acids is 1. The lowest BCUT2D eigenvalue weighted by molar-refractivity contribution is 0.0690. The number of hydrogen-bond donors (Lipinski definition) is 1. The number of hydrogen-bond acceptors (Lipinski definition) is 4. The van der Waals surface area contributed by atoms with Crippen molar-refractivity contribution in [3.8, 4) is 0 Å². The number of carboxylic acids is 1. The largest absolute Gasteiger partial charge is 0.476 e. The fraction of sp³-hybridized carbons (Fsp3) is 0.688. The lowest BCUT2D eigenvalue weighted by atomic mass is 9.85. The number of anilines is 1. The average Bonchev–Trinajstić information content (AvgIpc) is 2.46. The van der Waals surface area contributed by atoms with Crippen LogP contribution in [0.25, 0.3) is 0 Å². The molecule has 2 unspecified atom stereocenters. The van der Waals surface area contributed by atoms with Crippen LogP contribution in [0.3, 0.4) is 0 Å². The normalized spacial score (nSPS) is 22.3. The lowest BCUT2D eigenvalue weighted by Gasteiger charge is -2.37. The van der Waals surface area contributed by atoms with Crippen LogP contribution in [0.2, 0.25) is 0 Å². The van der Waals surface area contributed by atoms with Crippen LogP contribution < -0.4 is 4.90 Å². The summed E-state index contributed by atoms with van der Waals surface area (Å²) in [6.45, 7) is 6.17. The summed E-state index contributed by atoms with van der Waals surface area (Å²) < 4.78 is 0. The molecule has 0 amide bonds. The van der Waals surface area contributed by atoms with E-state index in [0.29, 0.717) is 23.5 Å². The van der Waals surface area contributed by atoms with Crippen molar-refractivity contribution in [2.75, 3.05) is 11.9 Å². The van der Waals surface area contributed by atoms with Crippen LogP contribution in [0.15, 0.2) is 6.20 Å². The quantitative estimate of drug-likeness (QED) is 0.921. The number of carboxylic acid groups (broad SMARTS) is 1. The van der Waals surface area contributed by atoms with Gasteiger partial charge in [0.15, 0.2) is 5.69 Å². The minimum Gasteiger partial charge on any atom is -0.476 e. The van der Waals surface area contributed by atoms with Crippen LogP contribution in [0.1, 0.15) is 68.7 Å². The minimum atomic E-state index is -0.982. The van der Waals surface area contributed by atoms with Gasteiger partial charge in [0.1, 0.15) is 5.82 Å². The fourth-order valence-electron chi connectivity index (χ4n) is 3.13. The molecule has 2 atom stereocenters.